The number of hydrogen-bond donors (Lipinski definition) is 2. The summed E-state index contributed by atoms with van der Waals surface area (Å²) in [5, 5.41) is 7.82. The first-order valence-corrected chi connectivity index (χ1v) is 12.8. The van der Waals surface area contributed by atoms with Crippen LogP contribution in [-0.2, 0) is 11.3 Å². The minimum absolute atomic E-state index is 0.0128. The number of anilines is 1. The molecule has 1 aromatic carbocycles. The summed E-state index contributed by atoms with van der Waals surface area (Å²) in [6.45, 7) is 8.29. The number of benzene rings is 1. The third-order valence-electron chi connectivity index (χ3n) is 5.72. The SMILES string of the molecule is CN=c1sccn1CC1CCN(C(=O)[C@H](NC(=O)Nc2ccc(I)cc2)C(C)(C)C)CC1. The van der Waals surface area contributed by atoms with Crippen LogP contribution in [-0.4, -0.2) is 47.6 Å². The molecule has 174 valence electrons. The Bertz CT molecular complexity index is 985. The number of piperidine rings is 1. The molecule has 0 radical (unpaired) electrons. The van der Waals surface area contributed by atoms with Gasteiger partial charge in [0.1, 0.15) is 6.04 Å². The van der Waals surface area contributed by atoms with Crippen LogP contribution >= 0.6 is 33.9 Å². The first-order chi connectivity index (χ1) is 15.2. The first-order valence-electron chi connectivity index (χ1n) is 10.9. The molecule has 3 amide bonds. The minimum atomic E-state index is -0.598. The van der Waals surface area contributed by atoms with E-state index in [9.17, 15) is 9.59 Å². The second kappa shape index (κ2) is 10.8. The molecule has 0 aliphatic carbocycles. The lowest BCUT2D eigenvalue weighted by Gasteiger charge is -2.38. The number of halogens is 1. The van der Waals surface area contributed by atoms with E-state index in [0.717, 1.165) is 27.8 Å². The second-order valence-corrected chi connectivity index (χ2v) is 11.4. The maximum absolute atomic E-state index is 13.4. The number of aromatic nitrogens is 1. The number of thiazole rings is 1. The summed E-state index contributed by atoms with van der Waals surface area (Å²) in [6, 6.07) is 6.60. The van der Waals surface area contributed by atoms with Crippen LogP contribution in [0.25, 0.3) is 0 Å². The van der Waals surface area contributed by atoms with Gasteiger partial charge in [-0.05, 0) is 71.0 Å². The Morgan fingerprint density at radius 1 is 1.22 bits per heavy atom. The fourth-order valence-electron chi connectivity index (χ4n) is 3.89. The van der Waals surface area contributed by atoms with Crippen LogP contribution < -0.4 is 15.4 Å². The Balaban J connectivity index is 1.59. The molecular formula is C23H32IN5O2S. The highest BCUT2D eigenvalue weighted by Crippen LogP contribution is 2.25. The molecule has 2 N–H and O–H groups in total. The lowest BCUT2D eigenvalue weighted by molar-refractivity contribution is -0.137. The number of hydrogen-bond acceptors (Lipinski definition) is 4. The molecule has 1 aromatic heterocycles. The van der Waals surface area contributed by atoms with Crippen LogP contribution in [0.2, 0.25) is 0 Å². The third kappa shape index (κ3) is 6.57. The molecule has 2 aromatic rings. The summed E-state index contributed by atoms with van der Waals surface area (Å²) in [5.74, 6) is 0.505. The predicted molar refractivity (Wildman–Crippen MR) is 138 cm³/mol. The molecule has 0 unspecified atom stereocenters. The lowest BCUT2D eigenvalue weighted by Crippen LogP contribution is -2.56. The van der Waals surface area contributed by atoms with Crippen molar-refractivity contribution in [1.82, 2.24) is 14.8 Å². The van der Waals surface area contributed by atoms with E-state index in [4.69, 9.17) is 0 Å². The van der Waals surface area contributed by atoms with Crippen LogP contribution in [0, 0.1) is 14.9 Å². The van der Waals surface area contributed by atoms with Crippen molar-refractivity contribution in [3.8, 4) is 0 Å². The highest BCUT2D eigenvalue weighted by molar-refractivity contribution is 14.1. The normalized spacial score (nSPS) is 16.7. The fraction of sp³-hybridized carbons (Fsp3) is 0.522. The quantitative estimate of drug-likeness (QED) is 0.531. The number of carbonyl (C=O) groups is 2. The molecule has 1 aliphatic heterocycles. The van der Waals surface area contributed by atoms with Crippen LogP contribution in [0.5, 0.6) is 0 Å². The molecule has 0 spiro atoms. The summed E-state index contributed by atoms with van der Waals surface area (Å²) >= 11 is 3.86. The van der Waals surface area contributed by atoms with Crippen molar-refractivity contribution in [3.05, 3.63) is 44.2 Å². The van der Waals surface area contributed by atoms with E-state index in [-0.39, 0.29) is 11.9 Å². The van der Waals surface area contributed by atoms with E-state index < -0.39 is 11.5 Å². The summed E-state index contributed by atoms with van der Waals surface area (Å²) in [6.07, 6.45) is 3.98. The average molecular weight is 570 g/mol. The van der Waals surface area contributed by atoms with E-state index >= 15 is 0 Å². The van der Waals surface area contributed by atoms with Crippen molar-refractivity contribution in [1.29, 1.82) is 0 Å². The van der Waals surface area contributed by atoms with Gasteiger partial charge in [0, 0.05) is 47.5 Å². The molecule has 3 rings (SSSR count). The minimum Gasteiger partial charge on any atom is -0.341 e. The lowest BCUT2D eigenvalue weighted by atomic mass is 9.85. The number of amides is 3. The molecule has 1 fully saturated rings. The van der Waals surface area contributed by atoms with Crippen molar-refractivity contribution in [3.63, 3.8) is 0 Å². The second-order valence-electron chi connectivity index (χ2n) is 9.23. The van der Waals surface area contributed by atoms with Crippen molar-refractivity contribution < 1.29 is 9.59 Å². The number of nitrogens with one attached hydrogen (secondary N) is 2. The number of carbonyl (C=O) groups excluding carboxylic acids is 2. The van der Waals surface area contributed by atoms with Gasteiger partial charge in [0.2, 0.25) is 5.91 Å². The molecule has 32 heavy (non-hydrogen) atoms. The van der Waals surface area contributed by atoms with Gasteiger partial charge in [0.15, 0.2) is 4.80 Å². The van der Waals surface area contributed by atoms with Gasteiger partial charge in [-0.1, -0.05) is 20.8 Å². The summed E-state index contributed by atoms with van der Waals surface area (Å²) < 4.78 is 3.29. The van der Waals surface area contributed by atoms with Gasteiger partial charge in [-0.25, -0.2) is 4.79 Å². The first kappa shape index (κ1) is 24.8. The predicted octanol–water partition coefficient (Wildman–Crippen LogP) is 4.16. The Labute approximate surface area is 207 Å². The third-order valence-corrected chi connectivity index (χ3v) is 7.33. The molecule has 7 nitrogen and oxygen atoms in total. The van der Waals surface area contributed by atoms with Gasteiger partial charge in [-0.3, -0.25) is 9.79 Å². The molecule has 1 atom stereocenters. The Morgan fingerprint density at radius 2 is 1.88 bits per heavy atom. The van der Waals surface area contributed by atoms with Gasteiger partial charge >= 0.3 is 6.03 Å². The van der Waals surface area contributed by atoms with Gasteiger partial charge in [-0.15, -0.1) is 11.3 Å². The van der Waals surface area contributed by atoms with Crippen molar-refractivity contribution in [2.45, 2.75) is 46.2 Å². The zero-order chi connectivity index (χ0) is 23.3. The fourth-order valence-corrected chi connectivity index (χ4v) is 4.96. The maximum Gasteiger partial charge on any atom is 0.319 e. The van der Waals surface area contributed by atoms with Gasteiger partial charge in [-0.2, -0.15) is 0 Å². The smallest absolute Gasteiger partial charge is 0.319 e. The molecular weight excluding hydrogens is 537 g/mol. The maximum atomic E-state index is 13.4. The molecule has 0 bridgehead atoms. The van der Waals surface area contributed by atoms with E-state index in [1.165, 1.54) is 0 Å². The standard InChI is InChI=1S/C23H32IN5O2S/c1-23(2,3)19(27-21(31)26-18-7-5-17(24)6-8-18)20(30)28-11-9-16(10-12-28)15-29-13-14-32-22(29)25-4/h5-8,13-14,16,19H,9-12,15H2,1-4H3,(H2,26,27,31)/t19-/m0/s1. The molecule has 1 saturated heterocycles. The highest BCUT2D eigenvalue weighted by Gasteiger charge is 2.37. The monoisotopic (exact) mass is 569 g/mol. The Morgan fingerprint density at radius 3 is 2.47 bits per heavy atom. The topological polar surface area (TPSA) is 78.7 Å². The van der Waals surface area contributed by atoms with Gasteiger partial charge in [0.05, 0.1) is 0 Å². The molecule has 0 saturated carbocycles. The van der Waals surface area contributed by atoms with E-state index in [1.807, 2.05) is 57.0 Å². The molecule has 2 heterocycles. The zero-order valence-electron chi connectivity index (χ0n) is 19.1. The largest absolute Gasteiger partial charge is 0.341 e. The van der Waals surface area contributed by atoms with E-state index in [2.05, 4.69) is 54.4 Å². The summed E-state index contributed by atoms with van der Waals surface area (Å²) in [7, 11) is 1.82. The van der Waals surface area contributed by atoms with Crippen molar-refractivity contribution >= 4 is 51.6 Å². The van der Waals surface area contributed by atoms with Gasteiger partial charge in [0.25, 0.3) is 0 Å². The number of nitrogens with zero attached hydrogens (tertiary/aromatic N) is 3. The highest BCUT2D eigenvalue weighted by atomic mass is 127. The van der Waals surface area contributed by atoms with Gasteiger partial charge < -0.3 is 20.1 Å². The van der Waals surface area contributed by atoms with Crippen LogP contribution in [0.4, 0.5) is 10.5 Å². The zero-order valence-corrected chi connectivity index (χ0v) is 22.1. The average Bonchev–Trinajstić information content (AvgIpc) is 3.20. The summed E-state index contributed by atoms with van der Waals surface area (Å²) in [5.41, 5.74) is 0.300. The number of rotatable bonds is 5. The Hall–Kier alpha value is -1.88. The molecule has 1 aliphatic rings. The van der Waals surface area contributed by atoms with Crippen LogP contribution in [0.3, 0.4) is 0 Å². The van der Waals surface area contributed by atoms with Crippen LogP contribution in [0.1, 0.15) is 33.6 Å². The summed E-state index contributed by atoms with van der Waals surface area (Å²) in [4.78, 5) is 33.2. The van der Waals surface area contributed by atoms with E-state index in [0.29, 0.717) is 24.7 Å². The number of urea groups is 1. The molecule has 9 heteroatoms. The van der Waals surface area contributed by atoms with E-state index in [1.54, 1.807) is 11.3 Å². The number of likely N-dealkylation sites (tertiary alicyclic amines) is 1. The Kier molecular flexibility index (Phi) is 8.37. The van der Waals surface area contributed by atoms with Crippen molar-refractivity contribution in [2.24, 2.45) is 16.3 Å². The van der Waals surface area contributed by atoms with Crippen LogP contribution in [0.15, 0.2) is 40.8 Å². The van der Waals surface area contributed by atoms with Crippen molar-refractivity contribution in [2.75, 3.05) is 25.5 Å².